The summed E-state index contributed by atoms with van der Waals surface area (Å²) in [5.41, 5.74) is 2.11. The summed E-state index contributed by atoms with van der Waals surface area (Å²) >= 11 is 0. The molecular weight excluding hydrogens is 547 g/mol. The number of anilines is 2. The fourth-order valence-electron chi connectivity index (χ4n) is 4.92. The largest absolute Gasteiger partial charge is 0.390 e. The second kappa shape index (κ2) is 14.1. The summed E-state index contributed by atoms with van der Waals surface area (Å²) in [6, 6.07) is 11.7. The number of aromatic nitrogens is 2. The molecule has 1 aliphatic heterocycles. The number of hydrogen-bond acceptors (Lipinski definition) is 8. The minimum atomic E-state index is -3.20. The fraction of sp³-hybridized carbons (Fsp3) is 0.448. The van der Waals surface area contributed by atoms with E-state index in [0.29, 0.717) is 38.0 Å². The number of amides is 1. The van der Waals surface area contributed by atoms with E-state index in [2.05, 4.69) is 21.0 Å². The normalized spacial score (nSPS) is 17.1. The van der Waals surface area contributed by atoms with Crippen LogP contribution in [0.1, 0.15) is 48.2 Å². The number of halogens is 1. The standard InChI is InChI=1S/C29H41FN6O4S/c1-3-32-23-15-24(28(30)26(16-23)36-12-8-9-13-41(36,39)40)29(38)34-25(14-21-10-6-5-7-11-21)27(37)19-31-17-22-18-33-35(4-2)20-22/h5-7,10-11,15-16,18,20,25,27,31-32,37,39-40H,3-4,8-9,12-14,17,19H2,1-2H3,(H,34,38)/t25-,27+/m0/s1. The number of hydrogen-bond donors (Lipinski definition) is 6. The van der Waals surface area contributed by atoms with E-state index >= 15 is 4.39 Å². The van der Waals surface area contributed by atoms with E-state index in [-0.39, 0.29) is 30.1 Å². The SMILES string of the molecule is CCNc1cc(C(=O)N[C@@H](Cc2ccccc2)[C@H](O)CNCc2cnn(CC)c2)c(F)c(N2CCCCS2(O)O)c1. The van der Waals surface area contributed by atoms with E-state index in [9.17, 15) is 19.0 Å². The lowest BCUT2D eigenvalue weighted by atomic mass is 10.00. The van der Waals surface area contributed by atoms with Crippen LogP contribution in [0.3, 0.4) is 0 Å². The Bertz CT molecular complexity index is 1290. The minimum Gasteiger partial charge on any atom is -0.390 e. The molecule has 0 aliphatic carbocycles. The van der Waals surface area contributed by atoms with Gasteiger partial charge in [-0.1, -0.05) is 30.3 Å². The molecule has 1 aromatic heterocycles. The molecule has 2 heterocycles. The molecule has 6 N–H and O–H groups in total. The van der Waals surface area contributed by atoms with Crippen LogP contribution in [0.25, 0.3) is 0 Å². The third kappa shape index (κ3) is 7.98. The van der Waals surface area contributed by atoms with Crippen molar-refractivity contribution in [1.82, 2.24) is 20.4 Å². The molecule has 0 saturated carbocycles. The van der Waals surface area contributed by atoms with Gasteiger partial charge in [-0.25, -0.2) is 4.39 Å². The molecule has 0 unspecified atom stereocenters. The number of rotatable bonds is 13. The number of carbonyl (C=O) groups excluding carboxylic acids is 1. The highest BCUT2D eigenvalue weighted by molar-refractivity contribution is 8.25. The predicted octanol–water partition coefficient (Wildman–Crippen LogP) is 4.23. The lowest BCUT2D eigenvalue weighted by Gasteiger charge is -2.47. The van der Waals surface area contributed by atoms with E-state index in [1.54, 1.807) is 6.20 Å². The lowest BCUT2D eigenvalue weighted by molar-refractivity contribution is 0.0826. The van der Waals surface area contributed by atoms with Crippen molar-refractivity contribution in [3.8, 4) is 0 Å². The summed E-state index contributed by atoms with van der Waals surface area (Å²) < 4.78 is 40.4. The van der Waals surface area contributed by atoms with Gasteiger partial charge in [0.25, 0.3) is 5.91 Å². The Morgan fingerprint density at radius 2 is 1.93 bits per heavy atom. The van der Waals surface area contributed by atoms with Crippen LogP contribution in [0.5, 0.6) is 0 Å². The summed E-state index contributed by atoms with van der Waals surface area (Å²) in [6.45, 7) is 6.13. The van der Waals surface area contributed by atoms with Crippen molar-refractivity contribution in [3.05, 3.63) is 77.4 Å². The summed E-state index contributed by atoms with van der Waals surface area (Å²) in [4.78, 5) is 13.6. The molecule has 41 heavy (non-hydrogen) atoms. The first kappa shape index (κ1) is 30.8. The molecule has 3 aromatic rings. The van der Waals surface area contributed by atoms with Crippen molar-refractivity contribution in [2.24, 2.45) is 0 Å². The fourth-order valence-corrected chi connectivity index (χ4v) is 6.60. The average Bonchev–Trinajstić information content (AvgIpc) is 3.42. The highest BCUT2D eigenvalue weighted by Gasteiger charge is 2.32. The zero-order chi connectivity index (χ0) is 29.4. The maximum absolute atomic E-state index is 15.9. The van der Waals surface area contributed by atoms with Gasteiger partial charge < -0.3 is 21.1 Å². The van der Waals surface area contributed by atoms with Crippen molar-refractivity contribution in [2.75, 3.05) is 35.0 Å². The summed E-state index contributed by atoms with van der Waals surface area (Å²) in [7, 11) is -3.20. The molecule has 2 aromatic carbocycles. The highest BCUT2D eigenvalue weighted by Crippen LogP contribution is 2.50. The second-order valence-corrected chi connectivity index (χ2v) is 12.3. The van der Waals surface area contributed by atoms with Gasteiger partial charge in [0.15, 0.2) is 5.82 Å². The maximum Gasteiger partial charge on any atom is 0.254 e. The quantitative estimate of drug-likeness (QED) is 0.175. The van der Waals surface area contributed by atoms with Crippen molar-refractivity contribution in [1.29, 1.82) is 0 Å². The van der Waals surface area contributed by atoms with E-state index in [0.717, 1.165) is 17.7 Å². The maximum atomic E-state index is 15.9. The number of carbonyl (C=O) groups is 1. The van der Waals surface area contributed by atoms with Crippen LogP contribution in [0.2, 0.25) is 0 Å². The van der Waals surface area contributed by atoms with Crippen LogP contribution in [-0.4, -0.2) is 67.4 Å². The molecule has 0 radical (unpaired) electrons. The van der Waals surface area contributed by atoms with Crippen molar-refractivity contribution >= 4 is 28.1 Å². The Labute approximate surface area is 242 Å². The smallest absolute Gasteiger partial charge is 0.254 e. The lowest BCUT2D eigenvalue weighted by Crippen LogP contribution is -2.49. The zero-order valence-corrected chi connectivity index (χ0v) is 24.4. The number of nitrogens with one attached hydrogen (secondary N) is 3. The summed E-state index contributed by atoms with van der Waals surface area (Å²) in [6.07, 6.45) is 4.36. The molecule has 0 spiro atoms. The van der Waals surface area contributed by atoms with E-state index in [1.807, 2.05) is 55.1 Å². The molecule has 10 nitrogen and oxygen atoms in total. The Morgan fingerprint density at radius 3 is 2.61 bits per heavy atom. The Kier molecular flexibility index (Phi) is 10.6. The molecule has 2 atom stereocenters. The van der Waals surface area contributed by atoms with Gasteiger partial charge in [-0.2, -0.15) is 5.10 Å². The van der Waals surface area contributed by atoms with Gasteiger partial charge >= 0.3 is 0 Å². The Balaban J connectivity index is 1.56. The van der Waals surface area contributed by atoms with Gasteiger partial charge in [-0.3, -0.25) is 22.9 Å². The first-order valence-electron chi connectivity index (χ1n) is 14.1. The number of benzene rings is 2. The zero-order valence-electron chi connectivity index (χ0n) is 23.6. The molecule has 0 bridgehead atoms. The third-order valence-corrected chi connectivity index (χ3v) is 9.02. The van der Waals surface area contributed by atoms with Crippen LogP contribution < -0.4 is 20.3 Å². The van der Waals surface area contributed by atoms with Crippen molar-refractivity contribution in [3.63, 3.8) is 0 Å². The van der Waals surface area contributed by atoms with Crippen LogP contribution in [-0.2, 0) is 19.5 Å². The van der Waals surface area contributed by atoms with Gasteiger partial charge in [0.1, 0.15) is 0 Å². The van der Waals surface area contributed by atoms with Gasteiger partial charge in [-0.15, -0.1) is 10.8 Å². The second-order valence-electron chi connectivity index (χ2n) is 10.2. The monoisotopic (exact) mass is 588 g/mol. The Morgan fingerprint density at radius 1 is 1.15 bits per heavy atom. The molecule has 12 heteroatoms. The molecule has 1 saturated heterocycles. The number of aliphatic hydroxyl groups excluding tert-OH is 1. The van der Waals surface area contributed by atoms with Crippen LogP contribution in [0, 0.1) is 5.82 Å². The summed E-state index contributed by atoms with van der Waals surface area (Å²) in [5, 5.41) is 24.6. The minimum absolute atomic E-state index is 0.0252. The molecule has 1 aliphatic rings. The van der Waals surface area contributed by atoms with Gasteiger partial charge in [0, 0.05) is 50.2 Å². The van der Waals surface area contributed by atoms with E-state index in [4.69, 9.17) is 0 Å². The van der Waals surface area contributed by atoms with Gasteiger partial charge in [-0.05, 0) is 50.8 Å². The first-order valence-corrected chi connectivity index (χ1v) is 15.7. The Hall–Kier alpha value is -3.16. The topological polar surface area (TPSA) is 135 Å². The van der Waals surface area contributed by atoms with Gasteiger partial charge in [0.05, 0.1) is 35.3 Å². The molecule has 1 fully saturated rings. The number of aliphatic hydroxyl groups is 1. The number of nitrogens with zero attached hydrogens (tertiary/aromatic N) is 3. The molecular formula is C29H41FN6O4S. The molecule has 4 rings (SSSR count). The first-order chi connectivity index (χ1) is 19.7. The van der Waals surface area contributed by atoms with Crippen LogP contribution >= 0.6 is 10.8 Å². The van der Waals surface area contributed by atoms with Crippen molar-refractivity contribution in [2.45, 2.75) is 58.3 Å². The van der Waals surface area contributed by atoms with Crippen LogP contribution in [0.15, 0.2) is 54.9 Å². The predicted molar refractivity (Wildman–Crippen MR) is 162 cm³/mol. The van der Waals surface area contributed by atoms with Gasteiger partial charge in [0.2, 0.25) is 0 Å². The average molecular weight is 589 g/mol. The molecule has 1 amide bonds. The molecule has 224 valence electrons. The van der Waals surface area contributed by atoms with E-state index in [1.165, 1.54) is 16.4 Å². The van der Waals surface area contributed by atoms with Crippen LogP contribution in [0.4, 0.5) is 15.8 Å². The highest BCUT2D eigenvalue weighted by atomic mass is 32.3. The van der Waals surface area contributed by atoms with E-state index < -0.39 is 34.6 Å². The van der Waals surface area contributed by atoms with Crippen molar-refractivity contribution < 1.29 is 23.4 Å². The third-order valence-electron chi connectivity index (χ3n) is 7.10. The summed E-state index contributed by atoms with van der Waals surface area (Å²) in [5.74, 6) is -1.37. The number of aryl methyl sites for hydroxylation is 1.